The number of hydrogen-bond acceptors (Lipinski definition) is 3. The fourth-order valence-corrected chi connectivity index (χ4v) is 2.43. The van der Waals surface area contributed by atoms with Crippen LogP contribution in [0.1, 0.15) is 45.4 Å². The van der Waals surface area contributed by atoms with Gasteiger partial charge in [-0.2, -0.15) is 0 Å². The zero-order valence-corrected chi connectivity index (χ0v) is 11.0. The topological polar surface area (TPSA) is 55.6 Å². The van der Waals surface area contributed by atoms with Crippen LogP contribution in [-0.2, 0) is 9.53 Å². The first-order valence-electron chi connectivity index (χ1n) is 6.86. The van der Waals surface area contributed by atoms with E-state index in [1.165, 1.54) is 19.3 Å². The molecule has 100 valence electrons. The first-order chi connectivity index (χ1) is 8.29. The lowest BCUT2D eigenvalue weighted by Crippen LogP contribution is -2.45. The maximum Gasteiger partial charge on any atom is 0.248 e. The predicted octanol–water partition coefficient (Wildman–Crippen LogP) is 1.53. The predicted molar refractivity (Wildman–Crippen MR) is 68.8 cm³/mol. The van der Waals surface area contributed by atoms with Gasteiger partial charge in [-0.15, -0.1) is 0 Å². The Balaban J connectivity index is 2.42. The average Bonchev–Trinajstić information content (AvgIpc) is 2.37. The highest BCUT2D eigenvalue weighted by atomic mass is 16.5. The lowest BCUT2D eigenvalue weighted by molar-refractivity contribution is -0.139. The van der Waals surface area contributed by atoms with Gasteiger partial charge in [0.2, 0.25) is 5.91 Å². The van der Waals surface area contributed by atoms with Gasteiger partial charge in [0, 0.05) is 25.7 Å². The number of hydrogen-bond donors (Lipinski definition) is 1. The molecule has 0 radical (unpaired) electrons. The van der Waals surface area contributed by atoms with E-state index in [0.717, 1.165) is 19.3 Å². The first kappa shape index (κ1) is 14.5. The summed E-state index contributed by atoms with van der Waals surface area (Å²) in [5.41, 5.74) is 5.59. The largest absolute Gasteiger partial charge is 0.372 e. The van der Waals surface area contributed by atoms with Crippen LogP contribution >= 0.6 is 0 Å². The molecule has 0 aromatic rings. The van der Waals surface area contributed by atoms with Crippen LogP contribution < -0.4 is 5.73 Å². The van der Waals surface area contributed by atoms with Crippen molar-refractivity contribution >= 4 is 5.91 Å². The van der Waals surface area contributed by atoms with E-state index < -0.39 is 0 Å². The van der Waals surface area contributed by atoms with Crippen LogP contribution in [0.15, 0.2) is 0 Å². The third-order valence-electron chi connectivity index (χ3n) is 3.28. The third kappa shape index (κ3) is 5.04. The van der Waals surface area contributed by atoms with Crippen LogP contribution in [0.25, 0.3) is 0 Å². The van der Waals surface area contributed by atoms with Gasteiger partial charge in [-0.3, -0.25) is 4.79 Å². The lowest BCUT2D eigenvalue weighted by atomic mass is 9.94. The number of ether oxygens (including phenoxy) is 1. The van der Waals surface area contributed by atoms with Crippen molar-refractivity contribution in [1.82, 2.24) is 4.90 Å². The van der Waals surface area contributed by atoms with E-state index >= 15 is 0 Å². The fourth-order valence-electron chi connectivity index (χ4n) is 2.43. The number of rotatable bonds is 7. The number of amides is 1. The minimum atomic E-state index is 0.107. The molecule has 4 nitrogen and oxygen atoms in total. The smallest absolute Gasteiger partial charge is 0.248 e. The normalized spacial score (nSPS) is 17.1. The molecule has 0 heterocycles. The molecule has 1 saturated carbocycles. The highest BCUT2D eigenvalue weighted by Crippen LogP contribution is 2.22. The van der Waals surface area contributed by atoms with Crippen molar-refractivity contribution in [2.45, 2.75) is 51.5 Å². The van der Waals surface area contributed by atoms with Crippen molar-refractivity contribution < 1.29 is 9.53 Å². The Hall–Kier alpha value is -0.610. The zero-order chi connectivity index (χ0) is 12.5. The highest BCUT2D eigenvalue weighted by Gasteiger charge is 2.24. The van der Waals surface area contributed by atoms with Crippen LogP contribution in [0.3, 0.4) is 0 Å². The average molecular weight is 242 g/mol. The molecule has 0 unspecified atom stereocenters. The molecular weight excluding hydrogens is 216 g/mol. The number of nitrogens with two attached hydrogens (primary N) is 1. The Kier molecular flexibility index (Phi) is 7.21. The molecule has 17 heavy (non-hydrogen) atoms. The molecule has 2 N–H and O–H groups in total. The second-order valence-corrected chi connectivity index (χ2v) is 4.72. The van der Waals surface area contributed by atoms with Gasteiger partial charge in [0.1, 0.15) is 6.61 Å². The third-order valence-corrected chi connectivity index (χ3v) is 3.28. The Morgan fingerprint density at radius 1 is 1.35 bits per heavy atom. The number of carbonyl (C=O) groups excluding carboxylic acids is 1. The first-order valence-corrected chi connectivity index (χ1v) is 6.86. The molecule has 0 bridgehead atoms. The molecule has 1 aliphatic rings. The van der Waals surface area contributed by atoms with Crippen molar-refractivity contribution in [2.75, 3.05) is 26.3 Å². The summed E-state index contributed by atoms with van der Waals surface area (Å²) in [5.74, 6) is 0.107. The SMILES string of the molecule is CCCOCC(=O)N(CCN)C1CCCCC1. The Bertz CT molecular complexity index is 215. The van der Waals surface area contributed by atoms with Crippen LogP contribution in [0.5, 0.6) is 0 Å². The minimum Gasteiger partial charge on any atom is -0.372 e. The van der Waals surface area contributed by atoms with Crippen molar-refractivity contribution in [3.8, 4) is 0 Å². The molecule has 0 spiro atoms. The molecule has 0 aromatic heterocycles. The second kappa shape index (κ2) is 8.48. The summed E-state index contributed by atoms with van der Waals surface area (Å²) in [6.07, 6.45) is 6.96. The van der Waals surface area contributed by atoms with Crippen molar-refractivity contribution in [1.29, 1.82) is 0 Å². The Labute approximate surface area is 104 Å². The van der Waals surface area contributed by atoms with Gasteiger partial charge in [-0.1, -0.05) is 26.2 Å². The molecule has 1 aliphatic carbocycles. The van der Waals surface area contributed by atoms with Crippen molar-refractivity contribution in [3.63, 3.8) is 0 Å². The van der Waals surface area contributed by atoms with Crippen LogP contribution in [-0.4, -0.2) is 43.2 Å². The van der Waals surface area contributed by atoms with Crippen LogP contribution in [0, 0.1) is 0 Å². The Morgan fingerprint density at radius 2 is 2.06 bits per heavy atom. The van der Waals surface area contributed by atoms with E-state index in [9.17, 15) is 4.79 Å². The summed E-state index contributed by atoms with van der Waals surface area (Å²) in [7, 11) is 0. The van der Waals surface area contributed by atoms with E-state index in [-0.39, 0.29) is 12.5 Å². The van der Waals surface area contributed by atoms with Crippen molar-refractivity contribution in [3.05, 3.63) is 0 Å². The number of carbonyl (C=O) groups is 1. The molecule has 0 aliphatic heterocycles. The number of nitrogens with zero attached hydrogens (tertiary/aromatic N) is 1. The maximum atomic E-state index is 12.1. The summed E-state index contributed by atoms with van der Waals surface area (Å²) in [5, 5.41) is 0. The quantitative estimate of drug-likeness (QED) is 0.689. The van der Waals surface area contributed by atoms with Gasteiger partial charge in [0.05, 0.1) is 0 Å². The Morgan fingerprint density at radius 3 is 2.65 bits per heavy atom. The fraction of sp³-hybridized carbons (Fsp3) is 0.923. The standard InChI is InChI=1S/C13H26N2O2/c1-2-10-17-11-13(16)15(9-8-14)12-6-4-3-5-7-12/h12H,2-11,14H2,1H3. The second-order valence-electron chi connectivity index (χ2n) is 4.72. The molecule has 1 rings (SSSR count). The molecular formula is C13H26N2O2. The maximum absolute atomic E-state index is 12.1. The molecule has 0 atom stereocenters. The highest BCUT2D eigenvalue weighted by molar-refractivity contribution is 5.77. The van der Waals surface area contributed by atoms with E-state index in [0.29, 0.717) is 25.7 Å². The van der Waals surface area contributed by atoms with Gasteiger partial charge in [-0.25, -0.2) is 0 Å². The summed E-state index contributed by atoms with van der Waals surface area (Å²) in [6.45, 7) is 4.12. The summed E-state index contributed by atoms with van der Waals surface area (Å²) in [6, 6.07) is 0.394. The monoisotopic (exact) mass is 242 g/mol. The zero-order valence-electron chi connectivity index (χ0n) is 11.0. The lowest BCUT2D eigenvalue weighted by Gasteiger charge is -2.34. The van der Waals surface area contributed by atoms with Crippen LogP contribution in [0.4, 0.5) is 0 Å². The minimum absolute atomic E-state index is 0.107. The molecule has 0 aromatic carbocycles. The van der Waals surface area contributed by atoms with E-state index in [2.05, 4.69) is 0 Å². The van der Waals surface area contributed by atoms with Gasteiger partial charge >= 0.3 is 0 Å². The molecule has 4 heteroatoms. The molecule has 1 fully saturated rings. The van der Waals surface area contributed by atoms with E-state index in [1.807, 2.05) is 11.8 Å². The van der Waals surface area contributed by atoms with E-state index in [4.69, 9.17) is 10.5 Å². The van der Waals surface area contributed by atoms with Crippen molar-refractivity contribution in [2.24, 2.45) is 5.73 Å². The molecule has 0 saturated heterocycles. The molecule has 1 amide bonds. The van der Waals surface area contributed by atoms with Gasteiger partial charge in [0.25, 0.3) is 0 Å². The van der Waals surface area contributed by atoms with Crippen LogP contribution in [0.2, 0.25) is 0 Å². The summed E-state index contributed by atoms with van der Waals surface area (Å²) >= 11 is 0. The summed E-state index contributed by atoms with van der Waals surface area (Å²) < 4.78 is 5.33. The van der Waals surface area contributed by atoms with E-state index in [1.54, 1.807) is 0 Å². The van der Waals surface area contributed by atoms with Gasteiger partial charge < -0.3 is 15.4 Å². The van der Waals surface area contributed by atoms with Gasteiger partial charge in [-0.05, 0) is 19.3 Å². The van der Waals surface area contributed by atoms with Gasteiger partial charge in [0.15, 0.2) is 0 Å². The summed E-state index contributed by atoms with van der Waals surface area (Å²) in [4.78, 5) is 14.0.